The van der Waals surface area contributed by atoms with Crippen LogP contribution in [0.2, 0.25) is 0 Å². The molecule has 0 saturated heterocycles. The Kier molecular flexibility index (Phi) is 12.9. The third-order valence-corrected chi connectivity index (χ3v) is 0.333. The Labute approximate surface area is 102 Å². The summed E-state index contributed by atoms with van der Waals surface area (Å²) in [7, 11) is 0. The van der Waals surface area contributed by atoms with E-state index in [4.69, 9.17) is 39.6 Å². The van der Waals surface area contributed by atoms with Crippen LogP contribution in [0, 0.1) is 38.6 Å². The van der Waals surface area contributed by atoms with Crippen molar-refractivity contribution in [3.63, 3.8) is 0 Å². The molecule has 13 heavy (non-hydrogen) atoms. The van der Waals surface area contributed by atoms with E-state index in [-0.39, 0.29) is 38.6 Å². The van der Waals surface area contributed by atoms with Crippen LogP contribution in [0.1, 0.15) is 0 Å². The molecule has 0 aliphatic carbocycles. The molecule has 73 valence electrons. The van der Waals surface area contributed by atoms with Gasteiger partial charge in [0.15, 0.2) is 0 Å². The maximum absolute atomic E-state index is 8.93. The molecular formula is C4O8Tb. The summed E-state index contributed by atoms with van der Waals surface area (Å²) >= 11 is 0. The fraction of sp³-hybridized carbons (Fsp3) is 0. The molecule has 0 rings (SSSR count). The van der Waals surface area contributed by atoms with Gasteiger partial charge in [-0.25, -0.2) is 0 Å². The second kappa shape index (κ2) is 9.26. The number of carboxylic acid groups (broad SMARTS) is 4. The number of hydrogen-bond donors (Lipinski definition) is 0. The van der Waals surface area contributed by atoms with Crippen LogP contribution in [-0.2, 0) is 19.2 Å². The third-order valence-electron chi connectivity index (χ3n) is 0.333. The predicted octanol–water partition coefficient (Wildman–Crippen LogP) is -7.03. The molecule has 0 bridgehead atoms. The van der Waals surface area contributed by atoms with Gasteiger partial charge in [0.1, 0.15) is 0 Å². The number of carbonyl (C=O) groups is 4. The van der Waals surface area contributed by atoms with E-state index in [2.05, 4.69) is 0 Å². The zero-order chi connectivity index (χ0) is 10.3. The second-order valence-electron chi connectivity index (χ2n) is 1.15. The Morgan fingerprint density at radius 3 is 0.615 bits per heavy atom. The first kappa shape index (κ1) is 18.1. The second-order valence-corrected chi connectivity index (χ2v) is 1.15. The number of carboxylic acids is 4. The van der Waals surface area contributed by atoms with E-state index in [1.54, 1.807) is 0 Å². The van der Waals surface area contributed by atoms with Gasteiger partial charge in [-0.15, -0.1) is 0 Å². The van der Waals surface area contributed by atoms with Gasteiger partial charge in [-0.05, 0) is 0 Å². The summed E-state index contributed by atoms with van der Waals surface area (Å²) in [5, 5.41) is 35.7. The summed E-state index contributed by atoms with van der Waals surface area (Å²) in [6.45, 7) is 0. The van der Waals surface area contributed by atoms with Gasteiger partial charge in [-0.3, -0.25) is 0 Å². The van der Waals surface area contributed by atoms with Crippen molar-refractivity contribution in [1.29, 1.82) is 0 Å². The molecule has 0 aromatic carbocycles. The summed E-state index contributed by atoms with van der Waals surface area (Å²) in [5.74, 6) is -8.74. The van der Waals surface area contributed by atoms with E-state index in [0.717, 1.165) is 0 Å². The fourth-order valence-corrected chi connectivity index (χ4v) is 0. The van der Waals surface area contributed by atoms with Crippen LogP contribution < -0.4 is 20.4 Å². The van der Waals surface area contributed by atoms with Gasteiger partial charge in [-0.1, -0.05) is 0 Å². The molecule has 0 spiro atoms. The quantitative estimate of drug-likeness (QED) is 0.395. The topological polar surface area (TPSA) is 161 Å². The average Bonchev–Trinajstić information content (AvgIpc) is 1.88. The Morgan fingerprint density at radius 1 is 0.538 bits per heavy atom. The SMILES string of the molecule is O=C([O-])C(=O)[O-].O=C([O-])C(=O)[O-].[Tb+4]. The van der Waals surface area contributed by atoms with Crippen LogP contribution in [0.25, 0.3) is 0 Å². The van der Waals surface area contributed by atoms with Crippen LogP contribution in [0.15, 0.2) is 0 Å². The fourth-order valence-electron chi connectivity index (χ4n) is 0. The monoisotopic (exact) mass is 335 g/mol. The largest absolute Gasteiger partial charge is 4.00 e. The van der Waals surface area contributed by atoms with Crippen LogP contribution in [-0.4, -0.2) is 23.9 Å². The maximum Gasteiger partial charge on any atom is 4.00 e. The molecule has 0 aliphatic rings. The van der Waals surface area contributed by atoms with Gasteiger partial charge in [0.05, 0.1) is 23.9 Å². The average molecular weight is 335 g/mol. The summed E-state index contributed by atoms with van der Waals surface area (Å²) in [5.41, 5.74) is 0. The maximum atomic E-state index is 8.93. The smallest absolute Gasteiger partial charge is 0.543 e. The molecule has 0 amide bonds. The molecule has 0 aromatic heterocycles. The molecule has 1 radical (unpaired) electrons. The van der Waals surface area contributed by atoms with E-state index < -0.39 is 23.9 Å². The van der Waals surface area contributed by atoms with E-state index in [9.17, 15) is 0 Å². The molecule has 0 aliphatic heterocycles. The van der Waals surface area contributed by atoms with E-state index in [1.165, 1.54) is 0 Å². The van der Waals surface area contributed by atoms with Crippen molar-refractivity contribution >= 4 is 23.9 Å². The first-order chi connectivity index (χ1) is 5.29. The first-order valence-corrected chi connectivity index (χ1v) is 2.13. The Morgan fingerprint density at radius 2 is 0.615 bits per heavy atom. The molecule has 0 atom stereocenters. The minimum atomic E-state index is -2.19. The Balaban J connectivity index is -0.000000143. The summed E-state index contributed by atoms with van der Waals surface area (Å²) in [4.78, 5) is 35.7. The normalized spacial score (nSPS) is 6.77. The third kappa shape index (κ3) is 18.3. The van der Waals surface area contributed by atoms with Gasteiger partial charge in [0, 0.05) is 0 Å². The summed E-state index contributed by atoms with van der Waals surface area (Å²) < 4.78 is 0. The van der Waals surface area contributed by atoms with Crippen LogP contribution in [0.5, 0.6) is 0 Å². The van der Waals surface area contributed by atoms with Crippen molar-refractivity contribution in [2.45, 2.75) is 0 Å². The van der Waals surface area contributed by atoms with Crippen LogP contribution in [0.4, 0.5) is 0 Å². The van der Waals surface area contributed by atoms with Crippen molar-refractivity contribution in [2.24, 2.45) is 0 Å². The predicted molar refractivity (Wildman–Crippen MR) is 20.0 cm³/mol. The van der Waals surface area contributed by atoms with Crippen molar-refractivity contribution < 1.29 is 78.2 Å². The van der Waals surface area contributed by atoms with Crippen molar-refractivity contribution in [3.8, 4) is 0 Å². The summed E-state index contributed by atoms with van der Waals surface area (Å²) in [6.07, 6.45) is 0. The van der Waals surface area contributed by atoms with Crippen molar-refractivity contribution in [2.75, 3.05) is 0 Å². The molecule has 0 saturated carbocycles. The number of carbonyl (C=O) groups excluding carboxylic acids is 4. The molecule has 0 N–H and O–H groups in total. The van der Waals surface area contributed by atoms with E-state index >= 15 is 0 Å². The molecule has 9 heteroatoms. The molecule has 8 nitrogen and oxygen atoms in total. The molecular weight excluding hydrogens is 335 g/mol. The summed E-state index contributed by atoms with van der Waals surface area (Å²) in [6, 6.07) is 0. The first-order valence-electron chi connectivity index (χ1n) is 2.13. The van der Waals surface area contributed by atoms with Crippen molar-refractivity contribution in [3.05, 3.63) is 0 Å². The number of aliphatic carboxylic acids is 4. The zero-order valence-electron chi connectivity index (χ0n) is 5.60. The van der Waals surface area contributed by atoms with Gasteiger partial charge < -0.3 is 39.6 Å². The minimum absolute atomic E-state index is 0. The van der Waals surface area contributed by atoms with Gasteiger partial charge in [0.2, 0.25) is 0 Å². The van der Waals surface area contributed by atoms with Crippen LogP contribution in [0.3, 0.4) is 0 Å². The standard InChI is InChI=1S/2C2H2O4.Tb/c2*3-1(4)2(5)6;/h2*(H,3,4)(H,5,6);/q;;+4/p-4. The van der Waals surface area contributed by atoms with Gasteiger partial charge in [0.25, 0.3) is 0 Å². The number of rotatable bonds is 0. The number of hydrogen-bond acceptors (Lipinski definition) is 8. The zero-order valence-corrected chi connectivity index (χ0v) is 7.74. The molecule has 0 aromatic rings. The molecule has 0 unspecified atom stereocenters. The molecule has 0 fully saturated rings. The Bertz CT molecular complexity index is 172. The van der Waals surface area contributed by atoms with Gasteiger partial charge >= 0.3 is 38.6 Å². The van der Waals surface area contributed by atoms with E-state index in [0.29, 0.717) is 0 Å². The van der Waals surface area contributed by atoms with Gasteiger partial charge in [-0.2, -0.15) is 0 Å². The van der Waals surface area contributed by atoms with Crippen molar-refractivity contribution in [1.82, 2.24) is 0 Å². The van der Waals surface area contributed by atoms with Crippen LogP contribution >= 0.6 is 0 Å². The van der Waals surface area contributed by atoms with E-state index in [1.807, 2.05) is 0 Å². The molecule has 0 heterocycles. The Hall–Kier alpha value is -0.834. The minimum Gasteiger partial charge on any atom is -0.543 e.